The Morgan fingerprint density at radius 1 is 0.806 bits per heavy atom. The molecule has 2 aliphatic carbocycles. The first kappa shape index (κ1) is 31.6. The molecule has 7 heteroatoms. The van der Waals surface area contributed by atoms with Gasteiger partial charge in [0.15, 0.2) is 0 Å². The van der Waals surface area contributed by atoms with Crippen LogP contribution in [0.4, 0.5) is 0 Å². The molecule has 0 fully saturated rings. The molecule has 0 aromatic rings. The molecule has 2 unspecified atom stereocenters. The topological polar surface area (TPSA) is 18.5 Å². The van der Waals surface area contributed by atoms with Gasteiger partial charge in [-0.3, -0.25) is 0 Å². The monoisotopic (exact) mass is 578 g/mol. The van der Waals surface area contributed by atoms with E-state index in [-0.39, 0.29) is 24.8 Å². The summed E-state index contributed by atoms with van der Waals surface area (Å²) in [6.07, 6.45) is 14.6. The third-order valence-electron chi connectivity index (χ3n) is 5.12. The average molecular weight is 581 g/mol. The number of halogens is 2. The van der Waals surface area contributed by atoms with Crippen LogP contribution in [-0.2, 0) is 30.1 Å². The summed E-state index contributed by atoms with van der Waals surface area (Å²) in [7, 11) is -2.99. The SMILES string of the molecule is C[CH]=[Zr+2]([C]1=C(CC(C)O[Si](C)(C)C)C=CC1)[C]1=C(CC(C)O[Si](C)(C)C)C=CC1.[Cl-].[Cl-]. The molecular weight excluding hydrogens is 539 g/mol. The van der Waals surface area contributed by atoms with Crippen molar-refractivity contribution in [2.75, 3.05) is 0 Å². The van der Waals surface area contributed by atoms with Gasteiger partial charge in [-0.2, -0.15) is 0 Å². The van der Waals surface area contributed by atoms with Gasteiger partial charge in [0.1, 0.15) is 0 Å². The third kappa shape index (κ3) is 10.6. The largest absolute Gasteiger partial charge is 1.00 e. The van der Waals surface area contributed by atoms with Crippen LogP contribution in [0.15, 0.2) is 42.0 Å². The summed E-state index contributed by atoms with van der Waals surface area (Å²) in [5, 5.41) is 0. The van der Waals surface area contributed by atoms with Crippen LogP contribution in [0.25, 0.3) is 0 Å². The van der Waals surface area contributed by atoms with Crippen molar-refractivity contribution in [2.24, 2.45) is 0 Å². The maximum Gasteiger partial charge on any atom is -1.00 e. The Hall–Kier alpha value is 0.647. The first-order chi connectivity index (χ1) is 13.4. The van der Waals surface area contributed by atoms with Gasteiger partial charge in [-0.15, -0.1) is 0 Å². The molecule has 0 saturated heterocycles. The van der Waals surface area contributed by atoms with Crippen molar-refractivity contribution in [3.05, 3.63) is 42.0 Å². The average Bonchev–Trinajstić information content (AvgIpc) is 3.15. The molecule has 2 atom stereocenters. The maximum absolute atomic E-state index is 6.35. The van der Waals surface area contributed by atoms with Crippen LogP contribution in [0.5, 0.6) is 0 Å². The van der Waals surface area contributed by atoms with Gasteiger partial charge in [-0.25, -0.2) is 0 Å². The van der Waals surface area contributed by atoms with Crippen LogP contribution in [0.2, 0.25) is 39.3 Å². The molecule has 0 spiro atoms. The summed E-state index contributed by atoms with van der Waals surface area (Å²) in [5.74, 6) is 0. The van der Waals surface area contributed by atoms with Crippen LogP contribution < -0.4 is 24.8 Å². The van der Waals surface area contributed by atoms with Crippen molar-refractivity contribution in [3.63, 3.8) is 0 Å². The summed E-state index contributed by atoms with van der Waals surface area (Å²) in [6, 6.07) is 0. The molecule has 2 nitrogen and oxygen atoms in total. The van der Waals surface area contributed by atoms with E-state index < -0.39 is 37.9 Å². The summed E-state index contributed by atoms with van der Waals surface area (Å²) in [5.41, 5.74) is 3.15. The number of hydrogen-bond acceptors (Lipinski definition) is 2. The van der Waals surface area contributed by atoms with E-state index in [1.807, 2.05) is 0 Å². The number of hydrogen-bond donors (Lipinski definition) is 0. The summed E-state index contributed by atoms with van der Waals surface area (Å²) < 4.78 is 18.9. The van der Waals surface area contributed by atoms with E-state index in [4.69, 9.17) is 8.85 Å². The molecule has 2 rings (SSSR count). The fourth-order valence-electron chi connectivity index (χ4n) is 4.49. The molecule has 0 amide bonds. The molecule has 0 heterocycles. The zero-order valence-electron chi connectivity index (χ0n) is 20.9. The van der Waals surface area contributed by atoms with Gasteiger partial charge >= 0.3 is 190 Å². The van der Waals surface area contributed by atoms with E-state index in [1.54, 1.807) is 17.7 Å². The zero-order chi connectivity index (χ0) is 21.8. The predicted octanol–water partition coefficient (Wildman–Crippen LogP) is 1.12. The van der Waals surface area contributed by atoms with E-state index in [9.17, 15) is 0 Å². The first-order valence-electron chi connectivity index (χ1n) is 11.2. The molecule has 0 bridgehead atoms. The van der Waals surface area contributed by atoms with Crippen molar-refractivity contribution in [2.45, 2.75) is 97.9 Å². The molecule has 31 heavy (non-hydrogen) atoms. The molecule has 0 N–H and O–H groups in total. The number of allylic oxidation sites excluding steroid dienone is 6. The minimum absolute atomic E-state index is 0. The molecule has 0 aliphatic heterocycles. The fourth-order valence-corrected chi connectivity index (χ4v) is 14.0. The van der Waals surface area contributed by atoms with E-state index in [0.29, 0.717) is 12.2 Å². The Kier molecular flexibility index (Phi) is 13.8. The van der Waals surface area contributed by atoms with Crippen molar-refractivity contribution < 1.29 is 54.9 Å². The van der Waals surface area contributed by atoms with Crippen LogP contribution >= 0.6 is 0 Å². The normalized spacial score (nSPS) is 17.8. The smallest absolute Gasteiger partial charge is 1.00 e. The van der Waals surface area contributed by atoms with E-state index in [0.717, 1.165) is 25.7 Å². The van der Waals surface area contributed by atoms with Gasteiger partial charge in [0, 0.05) is 0 Å². The van der Waals surface area contributed by atoms with Crippen molar-refractivity contribution in [1.82, 2.24) is 0 Å². The van der Waals surface area contributed by atoms with Crippen LogP contribution in [0.1, 0.15) is 46.5 Å². The molecule has 0 aromatic carbocycles. The molecule has 2 aliphatic rings. The predicted molar refractivity (Wildman–Crippen MR) is 130 cm³/mol. The summed E-state index contributed by atoms with van der Waals surface area (Å²) in [4.78, 5) is 0. The van der Waals surface area contributed by atoms with Crippen LogP contribution in [-0.4, -0.2) is 32.6 Å². The third-order valence-corrected chi connectivity index (χ3v) is 14.5. The van der Waals surface area contributed by atoms with Gasteiger partial charge in [0.25, 0.3) is 0 Å². The van der Waals surface area contributed by atoms with Crippen molar-refractivity contribution >= 4 is 20.3 Å². The molecule has 0 saturated carbocycles. The van der Waals surface area contributed by atoms with Crippen LogP contribution in [0, 0.1) is 0 Å². The molecular formula is C24H42Cl2O2Si2Zr. The Morgan fingerprint density at radius 2 is 1.16 bits per heavy atom. The van der Waals surface area contributed by atoms with Gasteiger partial charge < -0.3 is 24.8 Å². The second-order valence-electron chi connectivity index (χ2n) is 10.4. The van der Waals surface area contributed by atoms with E-state index in [1.165, 1.54) is 0 Å². The maximum atomic E-state index is 6.35. The Balaban J connectivity index is 0.00000450. The Morgan fingerprint density at radius 3 is 1.45 bits per heavy atom. The van der Waals surface area contributed by atoms with Crippen molar-refractivity contribution in [3.8, 4) is 0 Å². The Labute approximate surface area is 213 Å². The molecule has 176 valence electrons. The Bertz CT molecular complexity index is 697. The minimum atomic E-state index is -1.93. The van der Waals surface area contributed by atoms with Gasteiger partial charge in [-0.1, -0.05) is 0 Å². The first-order valence-corrected chi connectivity index (χ1v) is 21.9. The standard InChI is InChI=1S/2C11H19OSi.C2H4.2ClH.Zr/c2*1-10(12-13(2,3)4)9-11-7-5-6-8-11;1-2;;;/h2*5,7,10H,6,9H2,1-4H3;1H,2H3;2*1H;/q;;;;;+2/p-2. The second-order valence-corrected chi connectivity index (χ2v) is 25.8. The van der Waals surface area contributed by atoms with E-state index >= 15 is 0 Å². The fraction of sp³-hybridized carbons (Fsp3) is 0.625. The zero-order valence-corrected chi connectivity index (χ0v) is 26.9. The second kappa shape index (κ2) is 13.5. The number of rotatable bonds is 10. The van der Waals surface area contributed by atoms with Gasteiger partial charge in [-0.05, 0) is 0 Å². The van der Waals surface area contributed by atoms with Gasteiger partial charge in [0.05, 0.1) is 0 Å². The van der Waals surface area contributed by atoms with E-state index in [2.05, 4.69) is 88.1 Å². The van der Waals surface area contributed by atoms with Crippen LogP contribution in [0.3, 0.4) is 0 Å². The molecule has 0 aromatic heterocycles. The minimum Gasteiger partial charge on any atom is -1.00 e. The van der Waals surface area contributed by atoms with Crippen molar-refractivity contribution in [1.29, 1.82) is 0 Å². The van der Waals surface area contributed by atoms with Gasteiger partial charge in [0.2, 0.25) is 0 Å². The molecule has 0 radical (unpaired) electrons. The summed E-state index contributed by atoms with van der Waals surface area (Å²) >= 11 is -1.93. The quantitative estimate of drug-likeness (QED) is 0.361. The summed E-state index contributed by atoms with van der Waals surface area (Å²) in [6.45, 7) is 20.5.